The molecule has 0 spiro atoms. The van der Waals surface area contributed by atoms with E-state index in [9.17, 15) is 9.36 Å². The van der Waals surface area contributed by atoms with E-state index in [1.807, 2.05) is 0 Å². The summed E-state index contributed by atoms with van der Waals surface area (Å²) in [6, 6.07) is 0. The predicted octanol–water partition coefficient (Wildman–Crippen LogP) is -0.875. The second-order valence-corrected chi connectivity index (χ2v) is 2.01. The van der Waals surface area contributed by atoms with Gasteiger partial charge in [0.2, 0.25) is 0 Å². The van der Waals surface area contributed by atoms with E-state index in [4.69, 9.17) is 14.9 Å². The molecule has 0 aromatic rings. The SMILES string of the molecule is O=C(O)OP(=O)(O)O.[KH]. The number of carbonyl (C=O) groups is 1. The molecule has 0 radical (unpaired) electrons. The maximum absolute atomic E-state index is 9.53. The Kier molecular flexibility index (Phi) is 6.79. The Morgan fingerprint density at radius 2 is 1.78 bits per heavy atom. The Labute approximate surface area is 92.9 Å². The molecule has 0 fully saturated rings. The van der Waals surface area contributed by atoms with Gasteiger partial charge in [-0.3, -0.25) is 9.79 Å². The average Bonchev–Trinajstić information content (AvgIpc) is 1.21. The van der Waals surface area contributed by atoms with Crippen LogP contribution in [0.5, 0.6) is 0 Å². The van der Waals surface area contributed by atoms with Crippen molar-refractivity contribution in [3.63, 3.8) is 0 Å². The number of carboxylic acid groups (broad SMARTS) is 1. The van der Waals surface area contributed by atoms with Crippen LogP contribution >= 0.6 is 7.82 Å². The Balaban J connectivity index is 0. The van der Waals surface area contributed by atoms with Crippen molar-refractivity contribution in [2.24, 2.45) is 0 Å². The molecular weight excluding hydrogens is 178 g/mol. The van der Waals surface area contributed by atoms with Crippen molar-refractivity contribution in [3.05, 3.63) is 0 Å². The molecule has 0 aliphatic rings. The van der Waals surface area contributed by atoms with E-state index in [2.05, 4.69) is 4.52 Å². The molecule has 9 heavy (non-hydrogen) atoms. The molecule has 0 saturated heterocycles. The topological polar surface area (TPSA) is 104 Å². The molecule has 0 bridgehead atoms. The molecule has 0 unspecified atom stereocenters. The van der Waals surface area contributed by atoms with Crippen LogP contribution in [0.15, 0.2) is 0 Å². The molecule has 0 aliphatic heterocycles. The Hall–Kier alpha value is 1.06. The normalized spacial score (nSPS) is 9.56. The van der Waals surface area contributed by atoms with E-state index in [-0.39, 0.29) is 51.4 Å². The molecule has 0 amide bonds. The summed E-state index contributed by atoms with van der Waals surface area (Å²) in [6.45, 7) is 0. The average molecular weight is 182 g/mol. The second kappa shape index (κ2) is 4.81. The van der Waals surface area contributed by atoms with Crippen LogP contribution in [0.3, 0.4) is 0 Å². The van der Waals surface area contributed by atoms with Gasteiger partial charge < -0.3 is 9.63 Å². The summed E-state index contributed by atoms with van der Waals surface area (Å²) in [5, 5.41) is 7.53. The van der Waals surface area contributed by atoms with Crippen LogP contribution in [0.1, 0.15) is 0 Å². The van der Waals surface area contributed by atoms with Crippen LogP contribution in [0.4, 0.5) is 4.79 Å². The summed E-state index contributed by atoms with van der Waals surface area (Å²) < 4.78 is 12.6. The van der Waals surface area contributed by atoms with Crippen LogP contribution in [-0.4, -0.2) is 72.4 Å². The molecule has 0 saturated carbocycles. The van der Waals surface area contributed by atoms with Crippen LogP contribution < -0.4 is 0 Å². The molecule has 0 aliphatic carbocycles. The van der Waals surface area contributed by atoms with Gasteiger partial charge in [0, 0.05) is 0 Å². The Morgan fingerprint density at radius 1 is 1.44 bits per heavy atom. The first-order valence-corrected chi connectivity index (χ1v) is 2.93. The monoisotopic (exact) mass is 182 g/mol. The third-order valence-electron chi connectivity index (χ3n) is 0.197. The van der Waals surface area contributed by atoms with Crippen molar-refractivity contribution in [1.82, 2.24) is 0 Å². The van der Waals surface area contributed by atoms with E-state index >= 15 is 0 Å². The standard InChI is InChI=1S/CH3O6P.K.H/c2-1(3)7-8(4,5)6;;/h(H,2,3)(H2,4,5,6);;. The van der Waals surface area contributed by atoms with Gasteiger partial charge in [0.1, 0.15) is 0 Å². The zero-order valence-electron chi connectivity index (χ0n) is 3.51. The Morgan fingerprint density at radius 3 is 1.78 bits per heavy atom. The molecular formula is CH4KO6P. The zero-order valence-corrected chi connectivity index (χ0v) is 4.41. The summed E-state index contributed by atoms with van der Waals surface area (Å²) >= 11 is 0. The minimum absolute atomic E-state index is 0. The summed E-state index contributed by atoms with van der Waals surface area (Å²) in [5.74, 6) is 0. The first kappa shape index (κ1) is 12.7. The van der Waals surface area contributed by atoms with Crippen molar-refractivity contribution in [3.8, 4) is 0 Å². The zero-order chi connectivity index (χ0) is 6.78. The first-order chi connectivity index (χ1) is 3.42. The number of hydrogen-bond donors (Lipinski definition) is 3. The number of phosphoric acid groups is 1. The van der Waals surface area contributed by atoms with Crippen LogP contribution in [0, 0.1) is 0 Å². The molecule has 0 atom stereocenters. The van der Waals surface area contributed by atoms with Crippen molar-refractivity contribution in [1.29, 1.82) is 0 Å². The van der Waals surface area contributed by atoms with Crippen LogP contribution in [0.25, 0.3) is 0 Å². The van der Waals surface area contributed by atoms with E-state index < -0.39 is 14.0 Å². The van der Waals surface area contributed by atoms with Crippen molar-refractivity contribution in [2.75, 3.05) is 0 Å². The van der Waals surface area contributed by atoms with Crippen molar-refractivity contribution >= 4 is 65.4 Å². The van der Waals surface area contributed by atoms with Gasteiger partial charge in [-0.1, -0.05) is 0 Å². The fourth-order valence-corrected chi connectivity index (χ4v) is 0.305. The fraction of sp³-hybridized carbons (Fsp3) is 0. The van der Waals surface area contributed by atoms with Gasteiger partial charge in [-0.05, 0) is 0 Å². The third kappa shape index (κ3) is 12.3. The quantitative estimate of drug-likeness (QED) is 0.359. The van der Waals surface area contributed by atoms with E-state index in [1.165, 1.54) is 0 Å². The second-order valence-electron chi connectivity index (χ2n) is 0.848. The van der Waals surface area contributed by atoms with E-state index in [0.717, 1.165) is 0 Å². The van der Waals surface area contributed by atoms with Crippen LogP contribution in [0.2, 0.25) is 0 Å². The summed E-state index contributed by atoms with van der Waals surface area (Å²) in [6.07, 6.45) is -1.99. The summed E-state index contributed by atoms with van der Waals surface area (Å²) in [7, 11) is -4.82. The maximum atomic E-state index is 9.53. The Bertz CT molecular complexity index is 136. The van der Waals surface area contributed by atoms with Crippen molar-refractivity contribution < 1.29 is 28.8 Å². The molecule has 0 heterocycles. The summed E-state index contributed by atoms with van der Waals surface area (Å²) in [4.78, 5) is 24.7. The minimum atomic E-state index is -4.82. The number of hydrogen-bond acceptors (Lipinski definition) is 3. The fourth-order valence-electron chi connectivity index (χ4n) is 0.102. The predicted molar refractivity (Wildman–Crippen MR) is 28.3 cm³/mol. The van der Waals surface area contributed by atoms with Crippen molar-refractivity contribution in [2.45, 2.75) is 0 Å². The third-order valence-corrected chi connectivity index (χ3v) is 0.591. The van der Waals surface area contributed by atoms with Gasteiger partial charge in [0.15, 0.2) is 0 Å². The van der Waals surface area contributed by atoms with Gasteiger partial charge in [0.25, 0.3) is 0 Å². The van der Waals surface area contributed by atoms with E-state index in [1.54, 1.807) is 0 Å². The molecule has 0 aromatic carbocycles. The van der Waals surface area contributed by atoms with E-state index in [0.29, 0.717) is 0 Å². The molecule has 0 rings (SSSR count). The van der Waals surface area contributed by atoms with Gasteiger partial charge in [0.05, 0.1) is 0 Å². The molecule has 0 aromatic heterocycles. The number of rotatable bonds is 1. The molecule has 3 N–H and O–H groups in total. The molecule has 8 heteroatoms. The van der Waals surface area contributed by atoms with Gasteiger partial charge in [-0.25, -0.2) is 9.36 Å². The van der Waals surface area contributed by atoms with Gasteiger partial charge in [-0.2, -0.15) is 0 Å². The number of phosphoric ester groups is 1. The van der Waals surface area contributed by atoms with Gasteiger partial charge >= 0.3 is 65.4 Å². The molecule has 50 valence electrons. The van der Waals surface area contributed by atoms with Gasteiger partial charge in [-0.15, -0.1) is 0 Å². The first-order valence-electron chi connectivity index (χ1n) is 1.40. The summed E-state index contributed by atoms with van der Waals surface area (Å²) in [5.41, 5.74) is 0. The molecule has 6 nitrogen and oxygen atoms in total. The van der Waals surface area contributed by atoms with Crippen LogP contribution in [-0.2, 0) is 9.09 Å².